The fourth-order valence-electron chi connectivity index (χ4n) is 2.94. The predicted octanol–water partition coefficient (Wildman–Crippen LogP) is -1.31. The summed E-state index contributed by atoms with van der Waals surface area (Å²) in [5.74, 6) is 1.14. The molecule has 0 bridgehead atoms. The molecule has 0 aliphatic heterocycles. The predicted molar refractivity (Wildman–Crippen MR) is 115 cm³/mol. The summed E-state index contributed by atoms with van der Waals surface area (Å²) in [6.45, 7) is 9.34. The molecule has 0 aliphatic rings. The first-order valence-electron chi connectivity index (χ1n) is 9.74. The van der Waals surface area contributed by atoms with Crippen molar-refractivity contribution in [1.82, 2.24) is 9.97 Å². The van der Waals surface area contributed by atoms with E-state index in [9.17, 15) is 4.79 Å². The number of aromatic nitrogens is 3. The van der Waals surface area contributed by atoms with E-state index < -0.39 is 5.97 Å². The largest absolute Gasteiger partial charge is 1.00 e. The van der Waals surface area contributed by atoms with Crippen LogP contribution in [0, 0.1) is 25.7 Å². The number of nitrogens with zero attached hydrogens (tertiary/aromatic N) is 3. The van der Waals surface area contributed by atoms with E-state index in [0.717, 1.165) is 17.7 Å². The van der Waals surface area contributed by atoms with Crippen LogP contribution in [0.5, 0.6) is 0 Å². The van der Waals surface area contributed by atoms with Crippen LogP contribution in [0.1, 0.15) is 48.6 Å². The zero-order valence-corrected chi connectivity index (χ0v) is 19.7. The van der Waals surface area contributed by atoms with Gasteiger partial charge in [0.25, 0.3) is 0 Å². The molecule has 0 saturated heterocycles. The monoisotopic (exact) mass is 459 g/mol. The van der Waals surface area contributed by atoms with Crippen LogP contribution in [-0.4, -0.2) is 39.3 Å². The molecule has 6 N–H and O–H groups in total. The van der Waals surface area contributed by atoms with Crippen LogP contribution in [-0.2, 0) is 17.8 Å². The van der Waals surface area contributed by atoms with E-state index in [1.54, 1.807) is 17.5 Å². The van der Waals surface area contributed by atoms with E-state index in [0.29, 0.717) is 37.1 Å². The highest BCUT2D eigenvalue weighted by molar-refractivity contribution is 7.09. The highest BCUT2D eigenvalue weighted by Gasteiger charge is 2.17. The van der Waals surface area contributed by atoms with Crippen LogP contribution in [0.4, 0.5) is 5.82 Å². The van der Waals surface area contributed by atoms with Crippen LogP contribution in [0.3, 0.4) is 0 Å². The second-order valence-corrected chi connectivity index (χ2v) is 8.43. The summed E-state index contributed by atoms with van der Waals surface area (Å²) in [5, 5.41) is 17.4. The lowest BCUT2D eigenvalue weighted by Gasteiger charge is -2.13. The normalized spacial score (nSPS) is 11.4. The lowest BCUT2D eigenvalue weighted by Crippen LogP contribution is -3.00. The second kappa shape index (κ2) is 14.2. The maximum Gasteiger partial charge on any atom is 0.303 e. The van der Waals surface area contributed by atoms with Gasteiger partial charge in [-0.05, 0) is 31.7 Å². The molecule has 0 unspecified atom stereocenters. The maximum absolute atomic E-state index is 10.3. The number of aryl methyl sites for hydroxylation is 1. The lowest BCUT2D eigenvalue weighted by molar-refractivity contribution is -0.689. The third-order valence-electron chi connectivity index (χ3n) is 4.46. The van der Waals surface area contributed by atoms with Crippen molar-refractivity contribution in [2.45, 2.75) is 53.5 Å². The van der Waals surface area contributed by atoms with Gasteiger partial charge in [0, 0.05) is 32.6 Å². The van der Waals surface area contributed by atoms with Gasteiger partial charge < -0.3 is 34.1 Å². The molecule has 2 aromatic rings. The van der Waals surface area contributed by atoms with E-state index in [4.69, 9.17) is 21.7 Å². The van der Waals surface area contributed by atoms with Crippen LogP contribution in [0.2, 0.25) is 0 Å². The number of aliphatic hydroxyl groups is 1. The van der Waals surface area contributed by atoms with Gasteiger partial charge in [0.05, 0.1) is 10.4 Å². The SMILES string of the molecule is CC(C)C[C@H](CN)CC(=O)O.Cc1ncc(C[n+]2csc(CCO)c2C)c(N)n1.[Cl-]. The number of rotatable bonds is 9. The molecule has 30 heavy (non-hydrogen) atoms. The zero-order valence-electron chi connectivity index (χ0n) is 18.1. The van der Waals surface area contributed by atoms with E-state index in [2.05, 4.69) is 28.4 Å². The first kappa shape index (κ1) is 28.2. The smallest absolute Gasteiger partial charge is 0.303 e. The van der Waals surface area contributed by atoms with Crippen molar-refractivity contribution in [3.8, 4) is 0 Å². The molecule has 0 amide bonds. The number of halogens is 1. The van der Waals surface area contributed by atoms with E-state index in [-0.39, 0.29) is 31.4 Å². The van der Waals surface area contributed by atoms with Gasteiger partial charge in [-0.15, -0.1) is 0 Å². The van der Waals surface area contributed by atoms with Crippen LogP contribution >= 0.6 is 11.3 Å². The number of nitrogen functional groups attached to an aromatic ring is 1. The number of carboxylic acids is 1. The van der Waals surface area contributed by atoms with Crippen LogP contribution in [0.25, 0.3) is 0 Å². The Morgan fingerprint density at radius 1 is 1.33 bits per heavy atom. The minimum absolute atomic E-state index is 0. The topological polar surface area (TPSA) is 139 Å². The Balaban J connectivity index is 0.000000612. The van der Waals surface area contributed by atoms with Crippen LogP contribution in [0.15, 0.2) is 11.7 Å². The molecule has 1 atom stereocenters. The molecule has 0 aromatic carbocycles. The van der Waals surface area contributed by atoms with Crippen molar-refractivity contribution in [3.63, 3.8) is 0 Å². The van der Waals surface area contributed by atoms with Gasteiger partial charge >= 0.3 is 5.97 Å². The molecule has 10 heteroatoms. The molecular weight excluding hydrogens is 426 g/mol. The van der Waals surface area contributed by atoms with Gasteiger partial charge in [-0.1, -0.05) is 25.2 Å². The number of carbonyl (C=O) groups is 1. The van der Waals surface area contributed by atoms with Crippen molar-refractivity contribution in [2.24, 2.45) is 17.6 Å². The van der Waals surface area contributed by atoms with Gasteiger partial charge in [-0.3, -0.25) is 4.79 Å². The van der Waals surface area contributed by atoms with Crippen molar-refractivity contribution >= 4 is 23.1 Å². The Bertz CT molecular complexity index is 786. The summed E-state index contributed by atoms with van der Waals surface area (Å²) in [6, 6.07) is 0. The molecule has 2 rings (SSSR count). The third-order valence-corrected chi connectivity index (χ3v) is 5.60. The Morgan fingerprint density at radius 2 is 2.00 bits per heavy atom. The molecule has 2 aromatic heterocycles. The molecule has 0 aliphatic carbocycles. The molecule has 0 saturated carbocycles. The number of thiazole rings is 1. The van der Waals surface area contributed by atoms with E-state index >= 15 is 0 Å². The average molecular weight is 460 g/mol. The fourth-order valence-corrected chi connectivity index (χ4v) is 3.93. The summed E-state index contributed by atoms with van der Waals surface area (Å²) in [5.41, 5.74) is 15.4. The minimum atomic E-state index is -0.749. The Labute approximate surface area is 188 Å². The number of hydrogen-bond donors (Lipinski definition) is 4. The number of aliphatic hydroxyl groups excluding tert-OH is 1. The summed E-state index contributed by atoms with van der Waals surface area (Å²) >= 11 is 1.65. The summed E-state index contributed by atoms with van der Waals surface area (Å²) in [4.78, 5) is 19.8. The summed E-state index contributed by atoms with van der Waals surface area (Å²) in [6.07, 6.45) is 3.58. The summed E-state index contributed by atoms with van der Waals surface area (Å²) in [7, 11) is 0. The molecule has 0 radical (unpaired) electrons. The first-order valence-corrected chi connectivity index (χ1v) is 10.6. The summed E-state index contributed by atoms with van der Waals surface area (Å²) < 4.78 is 2.11. The van der Waals surface area contributed by atoms with E-state index in [1.165, 1.54) is 4.88 Å². The van der Waals surface area contributed by atoms with Gasteiger partial charge in [-0.25, -0.2) is 9.97 Å². The quantitative estimate of drug-likeness (QED) is 0.341. The second-order valence-electron chi connectivity index (χ2n) is 7.49. The van der Waals surface area contributed by atoms with Gasteiger partial charge in [0.1, 0.15) is 11.6 Å². The third kappa shape index (κ3) is 9.80. The molecule has 0 spiro atoms. The Kier molecular flexibility index (Phi) is 13.4. The van der Waals surface area contributed by atoms with Crippen LogP contribution < -0.4 is 28.4 Å². The zero-order chi connectivity index (χ0) is 22.0. The molecule has 0 fully saturated rings. The molecule has 8 nitrogen and oxygen atoms in total. The molecular formula is C20H34ClN5O3S. The van der Waals surface area contributed by atoms with Crippen molar-refractivity contribution in [1.29, 1.82) is 0 Å². The number of anilines is 1. The van der Waals surface area contributed by atoms with Crippen molar-refractivity contribution < 1.29 is 32.0 Å². The lowest BCUT2D eigenvalue weighted by atomic mass is 9.94. The minimum Gasteiger partial charge on any atom is -1.00 e. The fraction of sp³-hybridized carbons (Fsp3) is 0.600. The van der Waals surface area contributed by atoms with Gasteiger partial charge in [0.15, 0.2) is 12.2 Å². The highest BCUT2D eigenvalue weighted by Crippen LogP contribution is 2.14. The van der Waals surface area contributed by atoms with Crippen molar-refractivity contribution in [3.05, 3.63) is 33.7 Å². The Morgan fingerprint density at radius 3 is 2.50 bits per heavy atom. The van der Waals surface area contributed by atoms with Gasteiger partial charge in [0.2, 0.25) is 5.51 Å². The first-order chi connectivity index (χ1) is 13.7. The van der Waals surface area contributed by atoms with Gasteiger partial charge in [-0.2, -0.15) is 4.57 Å². The molecule has 2 heterocycles. The highest BCUT2D eigenvalue weighted by atomic mass is 35.5. The Hall–Kier alpha value is -1.81. The average Bonchev–Trinajstić information content (AvgIpc) is 2.97. The van der Waals surface area contributed by atoms with Crippen molar-refractivity contribution in [2.75, 3.05) is 18.9 Å². The maximum atomic E-state index is 10.3. The number of aliphatic carboxylic acids is 1. The van der Waals surface area contributed by atoms with E-state index in [1.807, 2.05) is 19.4 Å². The number of nitrogens with two attached hydrogens (primary N) is 2. The molecule has 170 valence electrons. The standard InChI is InChI=1S/C12H17N4OS.C8H17NO2.ClH/c1-8-11(3-4-17)18-7-16(8)6-10-5-14-9(2)15-12(10)13;1-6(2)3-7(5-9)4-8(10)11;/h5,7,17H,3-4,6H2,1-2H3,(H2,13,14,15);6-7H,3-5,9H2,1-2H3,(H,10,11);1H/q+1;;/p-1/t;7-;/m.0./s1. The number of hydrogen-bond acceptors (Lipinski definition) is 7. The number of carboxylic acid groups (broad SMARTS) is 1.